The molecule has 16 heavy (non-hydrogen) atoms. The zero-order chi connectivity index (χ0) is 11.8. The second-order valence-corrected chi connectivity index (χ2v) is 4.07. The highest BCUT2D eigenvalue weighted by Crippen LogP contribution is 2.31. The normalized spacial score (nSPS) is 16.4. The molecule has 0 radical (unpaired) electrons. The number of anilines is 1. The molecule has 3 N–H and O–H groups in total. The zero-order valence-corrected chi connectivity index (χ0v) is 8.64. The van der Waals surface area contributed by atoms with Gasteiger partial charge in [-0.3, -0.25) is 0 Å². The molecule has 1 aliphatic rings. The fraction of sp³-hybridized carbons (Fsp3) is 0.455. The minimum Gasteiger partial charge on any atom is -0.398 e. The maximum atomic E-state index is 12.4. The van der Waals surface area contributed by atoms with Crippen LogP contribution in [0, 0.1) is 0 Å². The van der Waals surface area contributed by atoms with E-state index in [4.69, 9.17) is 5.73 Å². The molecule has 5 heteroatoms. The van der Waals surface area contributed by atoms with Crippen molar-refractivity contribution in [2.45, 2.75) is 31.6 Å². The Balaban J connectivity index is 2.09. The van der Waals surface area contributed by atoms with Crippen LogP contribution in [0.4, 0.5) is 18.9 Å². The Labute approximate surface area is 91.6 Å². The monoisotopic (exact) mass is 230 g/mol. The molecule has 1 aliphatic carbocycles. The van der Waals surface area contributed by atoms with E-state index in [9.17, 15) is 13.2 Å². The lowest BCUT2D eigenvalue weighted by atomic mass is 10.1. The number of alkyl halides is 3. The van der Waals surface area contributed by atoms with Crippen LogP contribution in [0.1, 0.15) is 24.0 Å². The molecule has 0 bridgehead atoms. The molecule has 0 unspecified atom stereocenters. The molecule has 0 atom stereocenters. The highest BCUT2D eigenvalue weighted by atomic mass is 19.4. The van der Waals surface area contributed by atoms with E-state index in [1.54, 1.807) is 0 Å². The number of benzene rings is 1. The van der Waals surface area contributed by atoms with Crippen LogP contribution in [0.2, 0.25) is 0 Å². The van der Waals surface area contributed by atoms with Crippen molar-refractivity contribution < 1.29 is 13.2 Å². The fourth-order valence-corrected chi connectivity index (χ4v) is 1.47. The van der Waals surface area contributed by atoms with E-state index >= 15 is 0 Å². The molecule has 0 aliphatic heterocycles. The number of nitrogen functional groups attached to an aromatic ring is 1. The summed E-state index contributed by atoms with van der Waals surface area (Å²) >= 11 is 0. The summed E-state index contributed by atoms with van der Waals surface area (Å²) in [7, 11) is 0. The predicted molar refractivity (Wildman–Crippen MR) is 55.7 cm³/mol. The quantitative estimate of drug-likeness (QED) is 0.783. The van der Waals surface area contributed by atoms with Crippen LogP contribution in [-0.2, 0) is 12.7 Å². The third-order valence-corrected chi connectivity index (χ3v) is 2.63. The van der Waals surface area contributed by atoms with Crippen LogP contribution >= 0.6 is 0 Å². The van der Waals surface area contributed by atoms with Gasteiger partial charge in [0.1, 0.15) is 0 Å². The van der Waals surface area contributed by atoms with Crippen LogP contribution in [0.3, 0.4) is 0 Å². The molecule has 0 saturated heterocycles. The van der Waals surface area contributed by atoms with Crippen molar-refractivity contribution in [2.24, 2.45) is 0 Å². The van der Waals surface area contributed by atoms with E-state index < -0.39 is 11.7 Å². The van der Waals surface area contributed by atoms with Gasteiger partial charge in [0.15, 0.2) is 0 Å². The largest absolute Gasteiger partial charge is 0.416 e. The molecule has 2 nitrogen and oxygen atoms in total. The molecule has 0 aromatic heterocycles. The average molecular weight is 230 g/mol. The summed E-state index contributed by atoms with van der Waals surface area (Å²) in [4.78, 5) is 0. The lowest BCUT2D eigenvalue weighted by Crippen LogP contribution is -2.17. The van der Waals surface area contributed by atoms with E-state index in [-0.39, 0.29) is 5.69 Å². The van der Waals surface area contributed by atoms with Gasteiger partial charge in [-0.1, -0.05) is 6.07 Å². The van der Waals surface area contributed by atoms with Crippen molar-refractivity contribution in [1.82, 2.24) is 5.32 Å². The second-order valence-electron chi connectivity index (χ2n) is 4.07. The van der Waals surface area contributed by atoms with Crippen molar-refractivity contribution in [2.75, 3.05) is 5.73 Å². The van der Waals surface area contributed by atoms with Crippen molar-refractivity contribution in [3.63, 3.8) is 0 Å². The van der Waals surface area contributed by atoms with Crippen molar-refractivity contribution in [3.05, 3.63) is 29.3 Å². The van der Waals surface area contributed by atoms with Gasteiger partial charge in [0.05, 0.1) is 5.56 Å². The third kappa shape index (κ3) is 2.66. The van der Waals surface area contributed by atoms with Gasteiger partial charge in [0.2, 0.25) is 0 Å². The number of halogens is 3. The van der Waals surface area contributed by atoms with E-state index in [0.717, 1.165) is 30.5 Å². The van der Waals surface area contributed by atoms with Crippen molar-refractivity contribution >= 4 is 5.69 Å². The predicted octanol–water partition coefficient (Wildman–Crippen LogP) is 2.54. The Kier molecular flexibility index (Phi) is 2.80. The van der Waals surface area contributed by atoms with Crippen molar-refractivity contribution in [3.8, 4) is 0 Å². The Morgan fingerprint density at radius 2 is 2.00 bits per heavy atom. The van der Waals surface area contributed by atoms with Crippen LogP contribution in [0.25, 0.3) is 0 Å². The van der Waals surface area contributed by atoms with E-state index in [1.807, 2.05) is 0 Å². The van der Waals surface area contributed by atoms with Crippen molar-refractivity contribution in [1.29, 1.82) is 0 Å². The van der Waals surface area contributed by atoms with Crippen LogP contribution < -0.4 is 11.1 Å². The molecule has 1 aromatic carbocycles. The number of nitrogens with one attached hydrogen (secondary N) is 1. The molecular formula is C11H13F3N2. The van der Waals surface area contributed by atoms with E-state index in [1.165, 1.54) is 6.07 Å². The lowest BCUT2D eigenvalue weighted by molar-refractivity contribution is -0.137. The molecule has 2 rings (SSSR count). The molecule has 0 heterocycles. The van der Waals surface area contributed by atoms with E-state index in [0.29, 0.717) is 12.6 Å². The number of hydrogen-bond donors (Lipinski definition) is 2. The van der Waals surface area contributed by atoms with E-state index in [2.05, 4.69) is 5.32 Å². The minimum absolute atomic E-state index is 0.197. The Morgan fingerprint density at radius 3 is 2.50 bits per heavy atom. The van der Waals surface area contributed by atoms with Gasteiger partial charge in [-0.25, -0.2) is 0 Å². The Hall–Kier alpha value is -1.23. The maximum absolute atomic E-state index is 12.4. The average Bonchev–Trinajstić information content (AvgIpc) is 2.98. The summed E-state index contributed by atoms with van der Waals surface area (Å²) in [5.74, 6) is 0. The zero-order valence-electron chi connectivity index (χ0n) is 8.64. The lowest BCUT2D eigenvalue weighted by Gasteiger charge is -2.11. The Bertz CT molecular complexity index is 383. The van der Waals surface area contributed by atoms with Crippen LogP contribution in [-0.4, -0.2) is 6.04 Å². The van der Waals surface area contributed by atoms with Gasteiger partial charge in [0.25, 0.3) is 0 Å². The first-order valence-electron chi connectivity index (χ1n) is 5.16. The first-order chi connectivity index (χ1) is 7.47. The summed E-state index contributed by atoms with van der Waals surface area (Å²) in [5.41, 5.74) is 5.81. The van der Waals surface area contributed by atoms with Gasteiger partial charge in [-0.05, 0) is 30.5 Å². The van der Waals surface area contributed by atoms with Gasteiger partial charge in [-0.15, -0.1) is 0 Å². The summed E-state index contributed by atoms with van der Waals surface area (Å²) in [5, 5.41) is 3.21. The molecule has 88 valence electrons. The summed E-state index contributed by atoms with van der Waals surface area (Å²) in [6.07, 6.45) is -2.04. The first-order valence-corrected chi connectivity index (χ1v) is 5.16. The third-order valence-electron chi connectivity index (χ3n) is 2.63. The molecule has 0 amide bonds. The van der Waals surface area contributed by atoms with Gasteiger partial charge >= 0.3 is 6.18 Å². The standard InChI is InChI=1S/C11H13F3N2/c12-11(13,14)8-2-1-7(10(15)5-8)6-16-9-3-4-9/h1-2,5,9,16H,3-4,6,15H2. The van der Waals surface area contributed by atoms with Gasteiger partial charge < -0.3 is 11.1 Å². The van der Waals surface area contributed by atoms with Gasteiger partial charge in [0, 0.05) is 18.3 Å². The molecule has 1 aromatic rings. The Morgan fingerprint density at radius 1 is 1.31 bits per heavy atom. The second kappa shape index (κ2) is 3.97. The van der Waals surface area contributed by atoms with Crippen LogP contribution in [0.15, 0.2) is 18.2 Å². The number of nitrogens with two attached hydrogens (primary N) is 1. The summed E-state index contributed by atoms with van der Waals surface area (Å²) < 4.78 is 37.1. The highest BCUT2D eigenvalue weighted by molar-refractivity contribution is 5.49. The maximum Gasteiger partial charge on any atom is 0.416 e. The fourth-order valence-electron chi connectivity index (χ4n) is 1.47. The molecular weight excluding hydrogens is 217 g/mol. The topological polar surface area (TPSA) is 38.0 Å². The minimum atomic E-state index is -4.32. The van der Waals surface area contributed by atoms with Crippen LogP contribution in [0.5, 0.6) is 0 Å². The highest BCUT2D eigenvalue weighted by Gasteiger charge is 2.30. The number of hydrogen-bond acceptors (Lipinski definition) is 2. The SMILES string of the molecule is Nc1cc(C(F)(F)F)ccc1CNC1CC1. The molecule has 1 saturated carbocycles. The smallest absolute Gasteiger partial charge is 0.398 e. The summed E-state index contributed by atoms with van der Waals surface area (Å²) in [6, 6.07) is 4.01. The molecule has 1 fully saturated rings. The molecule has 0 spiro atoms. The van der Waals surface area contributed by atoms with Gasteiger partial charge in [-0.2, -0.15) is 13.2 Å². The first kappa shape index (κ1) is 11.3. The summed E-state index contributed by atoms with van der Waals surface area (Å²) in [6.45, 7) is 0.536. The number of rotatable bonds is 3.